The number of aromatic nitrogens is 2. The highest BCUT2D eigenvalue weighted by Gasteiger charge is 2.49. The lowest BCUT2D eigenvalue weighted by molar-refractivity contribution is -0.122. The second-order valence-electron chi connectivity index (χ2n) is 8.47. The molecule has 1 atom stereocenters. The molecule has 7 heteroatoms. The van der Waals surface area contributed by atoms with Gasteiger partial charge in [-0.3, -0.25) is 14.5 Å². The smallest absolute Gasteiger partial charge is 0.271 e. The van der Waals surface area contributed by atoms with Crippen molar-refractivity contribution in [2.45, 2.75) is 12.5 Å². The minimum Gasteiger partial charge on any atom is -0.353 e. The van der Waals surface area contributed by atoms with Gasteiger partial charge in [-0.05, 0) is 37.3 Å². The van der Waals surface area contributed by atoms with Gasteiger partial charge >= 0.3 is 0 Å². The molecule has 34 heavy (non-hydrogen) atoms. The van der Waals surface area contributed by atoms with Gasteiger partial charge in [0, 0.05) is 21.9 Å². The van der Waals surface area contributed by atoms with Crippen LogP contribution in [0.5, 0.6) is 0 Å². The first kappa shape index (κ1) is 20.1. The van der Waals surface area contributed by atoms with E-state index >= 15 is 0 Å². The van der Waals surface area contributed by atoms with Crippen LogP contribution in [0.3, 0.4) is 0 Å². The van der Waals surface area contributed by atoms with Crippen LogP contribution in [0.25, 0.3) is 21.8 Å². The number of fused-ring (bicyclic) bond motifs is 4. The average Bonchev–Trinajstić information content (AvgIpc) is 3.32. The topological polar surface area (TPSA) is 78.1 Å². The normalized spacial score (nSPS) is 17.4. The van der Waals surface area contributed by atoms with Crippen molar-refractivity contribution in [1.82, 2.24) is 15.3 Å². The Balaban J connectivity index is 1.41. The third kappa shape index (κ3) is 2.83. The van der Waals surface area contributed by atoms with E-state index in [0.29, 0.717) is 11.3 Å². The summed E-state index contributed by atoms with van der Waals surface area (Å²) in [5.74, 6) is -1.46. The molecule has 6 nitrogen and oxygen atoms in total. The lowest BCUT2D eigenvalue weighted by Crippen LogP contribution is -2.50. The van der Waals surface area contributed by atoms with E-state index in [1.807, 2.05) is 24.3 Å². The molecular formula is C27H19FN4O2. The number of nitrogens with zero attached hydrogens (tertiary/aromatic N) is 2. The number of anilines is 2. The summed E-state index contributed by atoms with van der Waals surface area (Å²) in [6.45, 7) is 1.64. The summed E-state index contributed by atoms with van der Waals surface area (Å²) in [6.07, 6.45) is 1.61. The number of nitrogens with one attached hydrogen (secondary N) is 2. The Morgan fingerprint density at radius 2 is 1.65 bits per heavy atom. The molecule has 0 saturated heterocycles. The van der Waals surface area contributed by atoms with Crippen LogP contribution < -0.4 is 10.2 Å². The van der Waals surface area contributed by atoms with Gasteiger partial charge in [-0.15, -0.1) is 0 Å². The molecule has 0 bridgehead atoms. The predicted molar refractivity (Wildman–Crippen MR) is 128 cm³/mol. The van der Waals surface area contributed by atoms with Gasteiger partial charge in [0.15, 0.2) is 0 Å². The number of para-hydroxylation sites is 3. The summed E-state index contributed by atoms with van der Waals surface area (Å²) in [6, 6.07) is 22.7. The molecule has 2 amide bonds. The first-order valence-corrected chi connectivity index (χ1v) is 10.8. The van der Waals surface area contributed by atoms with Crippen LogP contribution in [0.1, 0.15) is 23.0 Å². The molecule has 0 fully saturated rings. The van der Waals surface area contributed by atoms with Gasteiger partial charge in [-0.2, -0.15) is 0 Å². The summed E-state index contributed by atoms with van der Waals surface area (Å²) < 4.78 is 14.6. The highest BCUT2D eigenvalue weighted by molar-refractivity contribution is 6.15. The van der Waals surface area contributed by atoms with Crippen molar-refractivity contribution in [1.29, 1.82) is 0 Å². The number of carbonyl (C=O) groups is 2. The van der Waals surface area contributed by atoms with Crippen LogP contribution in [0, 0.1) is 5.82 Å². The number of halogens is 1. The molecule has 5 aromatic rings. The number of benzene rings is 3. The molecule has 0 radical (unpaired) electrons. The van der Waals surface area contributed by atoms with Crippen LogP contribution >= 0.6 is 0 Å². The van der Waals surface area contributed by atoms with Gasteiger partial charge in [0.25, 0.3) is 11.8 Å². The lowest BCUT2D eigenvalue weighted by Gasteiger charge is -2.26. The van der Waals surface area contributed by atoms with Crippen LogP contribution in [0.15, 0.2) is 85.1 Å². The third-order valence-corrected chi connectivity index (χ3v) is 6.39. The summed E-state index contributed by atoms with van der Waals surface area (Å²) in [5.41, 5.74) is 1.81. The fourth-order valence-electron chi connectivity index (χ4n) is 4.70. The molecule has 3 aromatic carbocycles. The van der Waals surface area contributed by atoms with E-state index in [9.17, 15) is 14.0 Å². The zero-order valence-electron chi connectivity index (χ0n) is 18.2. The number of hydrogen-bond acceptors (Lipinski definition) is 3. The predicted octanol–water partition coefficient (Wildman–Crippen LogP) is 5.18. The van der Waals surface area contributed by atoms with E-state index in [4.69, 9.17) is 0 Å². The van der Waals surface area contributed by atoms with Gasteiger partial charge in [0.1, 0.15) is 17.1 Å². The average molecular weight is 450 g/mol. The maximum atomic E-state index is 14.6. The zero-order valence-corrected chi connectivity index (χ0v) is 18.2. The molecule has 2 N–H and O–H groups in total. The highest BCUT2D eigenvalue weighted by Crippen LogP contribution is 2.44. The van der Waals surface area contributed by atoms with Crippen molar-refractivity contribution in [3.05, 3.63) is 102 Å². The SMILES string of the molecule is CC1(NC(=O)c2cc3c(cn2)[nH]c2ccccc23)C(=O)N(c2ccccc2F)c2ccccc21. The minimum absolute atomic E-state index is 0.135. The Bertz CT molecular complexity index is 1630. The second kappa shape index (κ2) is 7.25. The maximum absolute atomic E-state index is 14.6. The number of H-pyrrole nitrogens is 1. The second-order valence-corrected chi connectivity index (χ2v) is 8.47. The largest absolute Gasteiger partial charge is 0.353 e. The quantitative estimate of drug-likeness (QED) is 0.398. The summed E-state index contributed by atoms with van der Waals surface area (Å²) in [4.78, 5) is 35.9. The fourth-order valence-corrected chi connectivity index (χ4v) is 4.70. The molecule has 1 aliphatic rings. The number of hydrogen-bond donors (Lipinski definition) is 2. The number of aromatic amines is 1. The van der Waals surface area contributed by atoms with E-state index in [1.54, 1.807) is 61.7 Å². The molecule has 1 unspecified atom stereocenters. The Kier molecular flexibility index (Phi) is 4.29. The molecule has 2 aromatic heterocycles. The van der Waals surface area contributed by atoms with Crippen LogP contribution in [0.4, 0.5) is 15.8 Å². The number of rotatable bonds is 3. The molecule has 0 saturated carbocycles. The zero-order chi connectivity index (χ0) is 23.4. The first-order chi connectivity index (χ1) is 16.5. The van der Waals surface area contributed by atoms with E-state index in [0.717, 1.165) is 21.8 Å². The van der Waals surface area contributed by atoms with Crippen molar-refractivity contribution in [3.8, 4) is 0 Å². The van der Waals surface area contributed by atoms with E-state index in [2.05, 4.69) is 15.3 Å². The highest BCUT2D eigenvalue weighted by atomic mass is 19.1. The molecule has 0 spiro atoms. The Hall–Kier alpha value is -4.52. The van der Waals surface area contributed by atoms with Crippen molar-refractivity contribution in [3.63, 3.8) is 0 Å². The van der Waals surface area contributed by atoms with Gasteiger partial charge in [-0.25, -0.2) is 9.37 Å². The van der Waals surface area contributed by atoms with Crippen molar-refractivity contribution >= 4 is 45.0 Å². The monoisotopic (exact) mass is 450 g/mol. The van der Waals surface area contributed by atoms with Gasteiger partial charge in [-0.1, -0.05) is 48.5 Å². The molecule has 166 valence electrons. The Morgan fingerprint density at radius 1 is 0.941 bits per heavy atom. The lowest BCUT2D eigenvalue weighted by atomic mass is 9.93. The third-order valence-electron chi connectivity index (χ3n) is 6.39. The fraction of sp³-hybridized carbons (Fsp3) is 0.0741. The Morgan fingerprint density at radius 3 is 2.47 bits per heavy atom. The summed E-state index contributed by atoms with van der Waals surface area (Å²) in [7, 11) is 0. The van der Waals surface area contributed by atoms with Gasteiger partial charge < -0.3 is 10.3 Å². The van der Waals surface area contributed by atoms with E-state index in [1.165, 1.54) is 11.0 Å². The molecular weight excluding hydrogens is 431 g/mol. The van der Waals surface area contributed by atoms with Gasteiger partial charge in [0.2, 0.25) is 0 Å². The van der Waals surface area contributed by atoms with Crippen molar-refractivity contribution in [2.24, 2.45) is 0 Å². The van der Waals surface area contributed by atoms with Crippen LogP contribution in [-0.4, -0.2) is 21.8 Å². The minimum atomic E-state index is -1.40. The van der Waals surface area contributed by atoms with E-state index < -0.39 is 23.2 Å². The van der Waals surface area contributed by atoms with Gasteiger partial charge in [0.05, 0.1) is 23.1 Å². The number of amides is 2. The molecule has 1 aliphatic heterocycles. The van der Waals surface area contributed by atoms with E-state index in [-0.39, 0.29) is 11.4 Å². The molecule has 6 rings (SSSR count). The van der Waals surface area contributed by atoms with Crippen molar-refractivity contribution < 1.29 is 14.0 Å². The summed E-state index contributed by atoms with van der Waals surface area (Å²) in [5, 5.41) is 4.72. The molecule has 0 aliphatic carbocycles. The summed E-state index contributed by atoms with van der Waals surface area (Å²) >= 11 is 0. The standard InChI is InChI=1S/C27H19FN4O2/c1-27(18-9-3-6-12-23(18)32(26(27)34)24-13-7-4-10-19(24)28)31-25(33)21-14-17-16-8-2-5-11-20(16)30-22(17)15-29-21/h2-15,30H,1H3,(H,31,33). The number of pyridine rings is 1. The first-order valence-electron chi connectivity index (χ1n) is 10.8. The van der Waals surface area contributed by atoms with Crippen LogP contribution in [0.2, 0.25) is 0 Å². The maximum Gasteiger partial charge on any atom is 0.271 e. The molecule has 3 heterocycles. The number of carbonyl (C=O) groups excluding carboxylic acids is 2. The van der Waals surface area contributed by atoms with Crippen LogP contribution in [-0.2, 0) is 10.3 Å². The Labute approximate surface area is 194 Å². The van der Waals surface area contributed by atoms with Crippen molar-refractivity contribution in [2.75, 3.05) is 4.90 Å².